The first kappa shape index (κ1) is 35.6. The van der Waals surface area contributed by atoms with Gasteiger partial charge in [-0.2, -0.15) is 0 Å². The summed E-state index contributed by atoms with van der Waals surface area (Å²) in [4.78, 5) is 12.4. The highest BCUT2D eigenvalue weighted by Gasteiger charge is 2.14. The van der Waals surface area contributed by atoms with Crippen LogP contribution in [0, 0.1) is 5.92 Å². The third kappa shape index (κ3) is 18.7. The summed E-state index contributed by atoms with van der Waals surface area (Å²) >= 11 is 0. The van der Waals surface area contributed by atoms with Gasteiger partial charge in [-0.25, -0.2) is 4.79 Å². The van der Waals surface area contributed by atoms with Crippen molar-refractivity contribution in [2.24, 2.45) is 5.92 Å². The predicted octanol–water partition coefficient (Wildman–Crippen LogP) is 5.33. The Balaban J connectivity index is 0. The molecule has 1 rings (SSSR count). The number of likely N-dealkylation sites (N-methyl/N-ethyl adjacent to an activating group) is 1. The normalized spacial score (nSPS) is 10.9. The zero-order chi connectivity index (χ0) is 27.6. The molecule has 1 atom stereocenters. The van der Waals surface area contributed by atoms with E-state index in [1.807, 2.05) is 20.0 Å². The molecular formula is C28H52N4O4. The lowest BCUT2D eigenvalue weighted by atomic mass is 10.0. The number of carbonyl (C=O) groups excluding carboxylic acids is 1. The van der Waals surface area contributed by atoms with Crippen LogP contribution in [0.25, 0.3) is 0 Å². The Hall–Kier alpha value is -2.55. The second-order valence-electron chi connectivity index (χ2n) is 7.82. The Kier molecular flexibility index (Phi) is 25.3. The highest BCUT2D eigenvalue weighted by molar-refractivity contribution is 5.89. The molecule has 1 aromatic carbocycles. The van der Waals surface area contributed by atoms with Gasteiger partial charge in [-0.15, -0.1) is 0 Å². The van der Waals surface area contributed by atoms with Crippen LogP contribution in [0.15, 0.2) is 42.7 Å². The largest absolute Gasteiger partial charge is 0.498 e. The molecule has 0 heterocycles. The van der Waals surface area contributed by atoms with Gasteiger partial charge in [0, 0.05) is 37.4 Å². The number of nitrogens with one attached hydrogen (secondary N) is 4. The summed E-state index contributed by atoms with van der Waals surface area (Å²) in [5, 5.41) is 11.9. The van der Waals surface area contributed by atoms with Crippen LogP contribution in [0.4, 0.5) is 10.5 Å². The molecule has 0 aliphatic rings. The fraction of sp³-hybridized carbons (Fsp3) is 0.607. The monoisotopic (exact) mass is 508 g/mol. The number of anilines is 1. The van der Waals surface area contributed by atoms with Gasteiger partial charge in [-0.05, 0) is 51.7 Å². The molecule has 36 heavy (non-hydrogen) atoms. The fourth-order valence-corrected chi connectivity index (χ4v) is 2.72. The maximum absolute atomic E-state index is 12.4. The molecule has 4 N–H and O–H groups in total. The smallest absolute Gasteiger partial charge is 0.319 e. The number of allylic oxidation sites excluding steroid dienone is 1. The van der Waals surface area contributed by atoms with E-state index in [2.05, 4.69) is 67.7 Å². The second kappa shape index (κ2) is 25.5. The van der Waals surface area contributed by atoms with Crippen molar-refractivity contribution in [2.45, 2.75) is 54.1 Å². The first-order chi connectivity index (χ1) is 17.4. The van der Waals surface area contributed by atoms with Gasteiger partial charge < -0.3 is 35.5 Å². The van der Waals surface area contributed by atoms with Gasteiger partial charge in [0.25, 0.3) is 0 Å². The number of rotatable bonds is 15. The molecule has 0 aromatic heterocycles. The molecule has 0 aliphatic carbocycles. The van der Waals surface area contributed by atoms with Crippen molar-refractivity contribution >= 4 is 11.7 Å². The topological polar surface area (TPSA) is 92.9 Å². The highest BCUT2D eigenvalue weighted by Crippen LogP contribution is 2.23. The molecule has 0 bridgehead atoms. The Morgan fingerprint density at radius 1 is 1.08 bits per heavy atom. The van der Waals surface area contributed by atoms with Crippen LogP contribution in [0.1, 0.15) is 53.0 Å². The minimum absolute atomic E-state index is 0.00139. The average Bonchev–Trinajstić information content (AvgIpc) is 2.87. The Labute approximate surface area is 220 Å². The minimum Gasteiger partial charge on any atom is -0.498 e. The Morgan fingerprint density at radius 2 is 1.75 bits per heavy atom. The van der Waals surface area contributed by atoms with Gasteiger partial charge in [0.05, 0.1) is 26.1 Å². The van der Waals surface area contributed by atoms with Crippen molar-refractivity contribution in [3.8, 4) is 5.75 Å². The van der Waals surface area contributed by atoms with E-state index < -0.39 is 0 Å². The van der Waals surface area contributed by atoms with Crippen molar-refractivity contribution in [2.75, 3.05) is 59.4 Å². The van der Waals surface area contributed by atoms with E-state index >= 15 is 0 Å². The molecule has 8 nitrogen and oxygen atoms in total. The van der Waals surface area contributed by atoms with Crippen LogP contribution in [-0.2, 0) is 16.1 Å². The summed E-state index contributed by atoms with van der Waals surface area (Å²) < 4.78 is 16.0. The predicted molar refractivity (Wildman–Crippen MR) is 153 cm³/mol. The number of hydrogen-bond donors (Lipinski definition) is 4. The molecule has 0 saturated carbocycles. The molecule has 0 fully saturated rings. The summed E-state index contributed by atoms with van der Waals surface area (Å²) in [6, 6.07) is 5.14. The molecule has 1 unspecified atom stereocenters. The average molecular weight is 509 g/mol. The van der Waals surface area contributed by atoms with Crippen molar-refractivity contribution in [3.05, 3.63) is 48.3 Å². The van der Waals surface area contributed by atoms with Crippen LogP contribution < -0.4 is 26.0 Å². The standard InChI is InChI=1S/C22H35N3O4.C3H9N.C3H8/c1-6-23-13-9-8-10-18(17(3)29-7-2)15-24-22(26)25-20-11-12-21(28-5)19(14-20)16-27-4;1-3-4-2;1-3-2/h8-9,11-12,14,18,23H,3,6-7,10,13,15-16H2,1-2,4-5H3,(H2,24,25,26);4H,3H2,1-2H3;3H2,1-2H3/b9-8+;;. The van der Waals surface area contributed by atoms with Gasteiger partial charge in [0.1, 0.15) is 5.75 Å². The van der Waals surface area contributed by atoms with Gasteiger partial charge in [0.2, 0.25) is 0 Å². The minimum atomic E-state index is -0.288. The van der Waals surface area contributed by atoms with Crippen LogP contribution in [0.2, 0.25) is 0 Å². The molecule has 0 spiro atoms. The van der Waals surface area contributed by atoms with Gasteiger partial charge in [0.15, 0.2) is 0 Å². The lowest BCUT2D eigenvalue weighted by Gasteiger charge is -2.19. The van der Waals surface area contributed by atoms with E-state index in [0.717, 1.165) is 37.4 Å². The molecule has 208 valence electrons. The number of methoxy groups -OCH3 is 2. The van der Waals surface area contributed by atoms with Crippen molar-refractivity contribution in [1.82, 2.24) is 16.0 Å². The van der Waals surface area contributed by atoms with Crippen molar-refractivity contribution in [3.63, 3.8) is 0 Å². The fourth-order valence-electron chi connectivity index (χ4n) is 2.72. The van der Waals surface area contributed by atoms with E-state index in [0.29, 0.717) is 31.2 Å². The molecule has 1 aromatic rings. The van der Waals surface area contributed by atoms with Crippen molar-refractivity contribution in [1.29, 1.82) is 0 Å². The zero-order valence-electron chi connectivity index (χ0n) is 24.0. The third-order valence-corrected chi connectivity index (χ3v) is 4.59. The molecule has 0 aliphatic heterocycles. The van der Waals surface area contributed by atoms with Crippen molar-refractivity contribution < 1.29 is 19.0 Å². The third-order valence-electron chi connectivity index (χ3n) is 4.59. The second-order valence-corrected chi connectivity index (χ2v) is 7.82. The van der Waals surface area contributed by atoms with E-state index in [1.54, 1.807) is 26.4 Å². The first-order valence-corrected chi connectivity index (χ1v) is 12.9. The number of urea groups is 1. The van der Waals surface area contributed by atoms with Gasteiger partial charge in [-0.3, -0.25) is 0 Å². The molecule has 0 radical (unpaired) electrons. The number of amides is 2. The van der Waals surface area contributed by atoms with E-state index in [-0.39, 0.29) is 11.9 Å². The highest BCUT2D eigenvalue weighted by atomic mass is 16.5. The maximum Gasteiger partial charge on any atom is 0.319 e. The number of benzene rings is 1. The van der Waals surface area contributed by atoms with Crippen LogP contribution >= 0.6 is 0 Å². The molecule has 2 amide bonds. The zero-order valence-corrected chi connectivity index (χ0v) is 24.0. The van der Waals surface area contributed by atoms with Gasteiger partial charge in [-0.1, -0.05) is 52.8 Å². The van der Waals surface area contributed by atoms with E-state index in [1.165, 1.54) is 6.42 Å². The summed E-state index contributed by atoms with van der Waals surface area (Å²) in [6.45, 7) is 18.5. The first-order valence-electron chi connectivity index (χ1n) is 12.9. The number of carbonyl (C=O) groups is 1. The van der Waals surface area contributed by atoms with Crippen LogP contribution in [-0.4, -0.2) is 60.1 Å². The van der Waals surface area contributed by atoms with E-state index in [9.17, 15) is 4.79 Å². The van der Waals surface area contributed by atoms with Crippen LogP contribution in [0.3, 0.4) is 0 Å². The Morgan fingerprint density at radius 3 is 2.28 bits per heavy atom. The number of ether oxygens (including phenoxy) is 3. The number of hydrogen-bond acceptors (Lipinski definition) is 6. The maximum atomic E-state index is 12.4. The lowest BCUT2D eigenvalue weighted by Crippen LogP contribution is -2.33. The molecule has 8 heteroatoms. The molecule has 0 saturated heterocycles. The molecular weight excluding hydrogens is 456 g/mol. The summed E-state index contributed by atoms with van der Waals surface area (Å²) in [5.41, 5.74) is 1.53. The lowest BCUT2D eigenvalue weighted by molar-refractivity contribution is 0.181. The van der Waals surface area contributed by atoms with E-state index in [4.69, 9.17) is 14.2 Å². The van der Waals surface area contributed by atoms with Crippen LogP contribution in [0.5, 0.6) is 5.75 Å². The quantitative estimate of drug-likeness (QED) is 0.145. The summed E-state index contributed by atoms with van der Waals surface area (Å²) in [7, 11) is 5.15. The summed E-state index contributed by atoms with van der Waals surface area (Å²) in [5.74, 6) is 1.39. The Bertz CT molecular complexity index is 709. The van der Waals surface area contributed by atoms with Gasteiger partial charge >= 0.3 is 6.03 Å². The SMILES string of the molecule is C=C(OCC)C(C/C=C/CNCC)CNC(=O)Nc1ccc(OC)c(COC)c1.CCC.CCNC. The summed E-state index contributed by atoms with van der Waals surface area (Å²) in [6.07, 6.45) is 6.15.